The molecule has 3 aromatic rings. The molecule has 2 amide bonds. The summed E-state index contributed by atoms with van der Waals surface area (Å²) < 4.78 is 1.44. The van der Waals surface area contributed by atoms with Crippen molar-refractivity contribution in [1.29, 1.82) is 0 Å². The molecule has 0 bridgehead atoms. The van der Waals surface area contributed by atoms with E-state index in [-0.39, 0.29) is 11.8 Å². The molecule has 1 atom stereocenters. The average molecular weight is 364 g/mol. The highest BCUT2D eigenvalue weighted by Crippen LogP contribution is 2.18. The maximum atomic E-state index is 12.8. The van der Waals surface area contributed by atoms with Gasteiger partial charge < -0.3 is 10.6 Å². The number of anilines is 2. The van der Waals surface area contributed by atoms with Crippen molar-refractivity contribution in [3.63, 3.8) is 0 Å². The number of benzene rings is 2. The van der Waals surface area contributed by atoms with E-state index in [0.717, 1.165) is 5.56 Å². The molecule has 2 aromatic carbocycles. The Kier molecular flexibility index (Phi) is 5.88. The molecule has 0 aliphatic rings. The van der Waals surface area contributed by atoms with E-state index in [1.165, 1.54) is 11.0 Å². The summed E-state index contributed by atoms with van der Waals surface area (Å²) >= 11 is 0. The van der Waals surface area contributed by atoms with E-state index in [0.29, 0.717) is 24.2 Å². The van der Waals surface area contributed by atoms with Crippen LogP contribution in [-0.2, 0) is 16.0 Å². The Morgan fingerprint density at radius 1 is 1.00 bits per heavy atom. The lowest BCUT2D eigenvalue weighted by Gasteiger charge is -2.16. The predicted molar refractivity (Wildman–Crippen MR) is 101 cm³/mol. The number of nitrogens with one attached hydrogen (secondary N) is 2. The summed E-state index contributed by atoms with van der Waals surface area (Å²) in [7, 11) is 0. The normalized spacial score (nSPS) is 11.6. The van der Waals surface area contributed by atoms with Gasteiger partial charge in [-0.15, -0.1) is 5.10 Å². The number of amides is 2. The number of tetrazole rings is 1. The molecule has 27 heavy (non-hydrogen) atoms. The van der Waals surface area contributed by atoms with Crippen LogP contribution in [0.5, 0.6) is 0 Å². The second-order valence-corrected chi connectivity index (χ2v) is 5.96. The highest BCUT2D eigenvalue weighted by molar-refractivity contribution is 5.94. The molecular weight excluding hydrogens is 344 g/mol. The van der Waals surface area contributed by atoms with Gasteiger partial charge in [-0.25, -0.2) is 4.68 Å². The maximum Gasteiger partial charge on any atom is 0.249 e. The molecule has 0 saturated carbocycles. The zero-order valence-electron chi connectivity index (χ0n) is 14.9. The minimum Gasteiger partial charge on any atom is -0.326 e. The monoisotopic (exact) mass is 364 g/mol. The van der Waals surface area contributed by atoms with Gasteiger partial charge in [0.25, 0.3) is 0 Å². The second-order valence-electron chi connectivity index (χ2n) is 5.96. The molecule has 0 fully saturated rings. The first-order chi connectivity index (χ1) is 13.2. The summed E-state index contributed by atoms with van der Waals surface area (Å²) in [6.45, 7) is 1.79. The molecular formula is C19H20N6O2. The van der Waals surface area contributed by atoms with Crippen LogP contribution in [-0.4, -0.2) is 32.0 Å². The van der Waals surface area contributed by atoms with E-state index >= 15 is 0 Å². The molecule has 0 spiro atoms. The summed E-state index contributed by atoms with van der Waals surface area (Å²) in [6.07, 6.45) is 2.30. The molecule has 0 saturated heterocycles. The summed E-state index contributed by atoms with van der Waals surface area (Å²) in [5.41, 5.74) is 2.31. The topological polar surface area (TPSA) is 102 Å². The van der Waals surface area contributed by atoms with Gasteiger partial charge in [0, 0.05) is 24.2 Å². The minimum absolute atomic E-state index is 0.0617. The zero-order valence-corrected chi connectivity index (χ0v) is 14.9. The molecule has 2 N–H and O–H groups in total. The van der Waals surface area contributed by atoms with Gasteiger partial charge in [-0.3, -0.25) is 9.59 Å². The summed E-state index contributed by atoms with van der Waals surface area (Å²) in [4.78, 5) is 24.3. The van der Waals surface area contributed by atoms with E-state index in [2.05, 4.69) is 26.2 Å². The lowest BCUT2D eigenvalue weighted by Crippen LogP contribution is -2.28. The van der Waals surface area contributed by atoms with E-state index in [1.54, 1.807) is 31.2 Å². The SMILES string of the molecule is CCC(=O)Nc1ccc(NC(=O)C(Cc2ccccc2)n2cnnn2)cc1. The van der Waals surface area contributed by atoms with Gasteiger partial charge in [0.15, 0.2) is 0 Å². The van der Waals surface area contributed by atoms with Crippen molar-refractivity contribution in [2.45, 2.75) is 25.8 Å². The van der Waals surface area contributed by atoms with Crippen LogP contribution < -0.4 is 10.6 Å². The Bertz CT molecular complexity index is 878. The third-order valence-corrected chi connectivity index (χ3v) is 4.02. The standard InChI is InChI=1S/C19H20N6O2/c1-2-18(26)21-15-8-10-16(11-9-15)22-19(27)17(25-13-20-23-24-25)12-14-6-4-3-5-7-14/h3-11,13,17H,2,12H2,1H3,(H,21,26)(H,22,27). The maximum absolute atomic E-state index is 12.8. The highest BCUT2D eigenvalue weighted by Gasteiger charge is 2.22. The minimum atomic E-state index is -0.582. The number of carbonyl (C=O) groups excluding carboxylic acids is 2. The van der Waals surface area contributed by atoms with Crippen LogP contribution in [0.4, 0.5) is 11.4 Å². The second kappa shape index (κ2) is 8.70. The van der Waals surface area contributed by atoms with Gasteiger partial charge >= 0.3 is 0 Å². The van der Waals surface area contributed by atoms with Crippen molar-refractivity contribution < 1.29 is 9.59 Å². The average Bonchev–Trinajstić information content (AvgIpc) is 3.22. The van der Waals surface area contributed by atoms with Crippen molar-refractivity contribution in [3.05, 3.63) is 66.5 Å². The van der Waals surface area contributed by atoms with Gasteiger partial charge in [-0.2, -0.15) is 0 Å². The van der Waals surface area contributed by atoms with Crippen molar-refractivity contribution in [2.75, 3.05) is 10.6 Å². The Morgan fingerprint density at radius 3 is 2.26 bits per heavy atom. The largest absolute Gasteiger partial charge is 0.326 e. The van der Waals surface area contributed by atoms with Crippen LogP contribution in [0.15, 0.2) is 60.9 Å². The lowest BCUT2D eigenvalue weighted by atomic mass is 10.1. The summed E-state index contributed by atoms with van der Waals surface area (Å²) in [5.74, 6) is -0.287. The fraction of sp³-hybridized carbons (Fsp3) is 0.211. The number of hydrogen-bond acceptors (Lipinski definition) is 5. The van der Waals surface area contributed by atoms with Crippen molar-refractivity contribution >= 4 is 23.2 Å². The fourth-order valence-corrected chi connectivity index (χ4v) is 2.57. The Balaban J connectivity index is 1.72. The molecule has 8 heteroatoms. The number of nitrogens with zero attached hydrogens (tertiary/aromatic N) is 4. The van der Waals surface area contributed by atoms with Crippen LogP contribution in [0, 0.1) is 0 Å². The quantitative estimate of drug-likeness (QED) is 0.670. The smallest absolute Gasteiger partial charge is 0.249 e. The van der Waals surface area contributed by atoms with Crippen molar-refractivity contribution in [3.8, 4) is 0 Å². The number of carbonyl (C=O) groups is 2. The molecule has 3 rings (SSSR count). The third kappa shape index (κ3) is 4.97. The number of hydrogen-bond donors (Lipinski definition) is 2. The van der Waals surface area contributed by atoms with Crippen molar-refractivity contribution in [1.82, 2.24) is 20.2 Å². The highest BCUT2D eigenvalue weighted by atomic mass is 16.2. The van der Waals surface area contributed by atoms with Crippen LogP contribution >= 0.6 is 0 Å². The zero-order chi connectivity index (χ0) is 19.1. The Hall–Kier alpha value is -3.55. The first-order valence-electron chi connectivity index (χ1n) is 8.63. The molecule has 1 heterocycles. The molecule has 1 aromatic heterocycles. The lowest BCUT2D eigenvalue weighted by molar-refractivity contribution is -0.119. The van der Waals surface area contributed by atoms with Gasteiger partial charge in [0.2, 0.25) is 11.8 Å². The Morgan fingerprint density at radius 2 is 1.67 bits per heavy atom. The fourth-order valence-electron chi connectivity index (χ4n) is 2.57. The predicted octanol–water partition coefficient (Wildman–Crippen LogP) is 2.44. The molecule has 0 radical (unpaired) electrons. The molecule has 1 unspecified atom stereocenters. The third-order valence-electron chi connectivity index (χ3n) is 4.02. The number of rotatable bonds is 7. The molecule has 0 aliphatic carbocycles. The molecule has 8 nitrogen and oxygen atoms in total. The van der Waals surface area contributed by atoms with Gasteiger partial charge in [-0.1, -0.05) is 37.3 Å². The van der Waals surface area contributed by atoms with Crippen LogP contribution in [0.1, 0.15) is 24.9 Å². The van der Waals surface area contributed by atoms with Crippen LogP contribution in [0.3, 0.4) is 0 Å². The molecule has 138 valence electrons. The Labute approximate surface area is 156 Å². The van der Waals surface area contributed by atoms with Crippen molar-refractivity contribution in [2.24, 2.45) is 0 Å². The molecule has 0 aliphatic heterocycles. The van der Waals surface area contributed by atoms with Gasteiger partial charge in [-0.05, 0) is 40.3 Å². The first-order valence-corrected chi connectivity index (χ1v) is 8.63. The first kappa shape index (κ1) is 18.2. The van der Waals surface area contributed by atoms with E-state index < -0.39 is 6.04 Å². The van der Waals surface area contributed by atoms with Crippen LogP contribution in [0.25, 0.3) is 0 Å². The summed E-state index contributed by atoms with van der Waals surface area (Å²) in [5, 5.41) is 16.8. The van der Waals surface area contributed by atoms with Crippen LogP contribution in [0.2, 0.25) is 0 Å². The number of aromatic nitrogens is 4. The summed E-state index contributed by atoms with van der Waals surface area (Å²) in [6, 6.07) is 16.1. The van der Waals surface area contributed by atoms with E-state index in [9.17, 15) is 9.59 Å². The van der Waals surface area contributed by atoms with E-state index in [1.807, 2.05) is 30.3 Å². The van der Waals surface area contributed by atoms with E-state index in [4.69, 9.17) is 0 Å². The van der Waals surface area contributed by atoms with Gasteiger partial charge in [0.05, 0.1) is 0 Å². The van der Waals surface area contributed by atoms with Gasteiger partial charge in [0.1, 0.15) is 12.4 Å².